The first kappa shape index (κ1) is 27.4. The molecule has 1 saturated heterocycles. The zero-order chi connectivity index (χ0) is 28.3. The molecule has 3 aliphatic rings. The van der Waals surface area contributed by atoms with E-state index in [0.717, 1.165) is 28.9 Å². The van der Waals surface area contributed by atoms with Crippen molar-refractivity contribution in [3.63, 3.8) is 0 Å². The molecule has 2 aromatic rings. The van der Waals surface area contributed by atoms with Gasteiger partial charge in [-0.1, -0.05) is 23.2 Å². The van der Waals surface area contributed by atoms with E-state index < -0.39 is 17.9 Å². The second-order valence-corrected chi connectivity index (χ2v) is 10.7. The van der Waals surface area contributed by atoms with Crippen molar-refractivity contribution in [2.75, 3.05) is 38.7 Å². The van der Waals surface area contributed by atoms with Gasteiger partial charge in [0.05, 0.1) is 25.8 Å². The van der Waals surface area contributed by atoms with Gasteiger partial charge in [-0.2, -0.15) is 0 Å². The second-order valence-electron chi connectivity index (χ2n) is 9.72. The third kappa shape index (κ3) is 6.33. The highest BCUT2D eigenvalue weighted by Crippen LogP contribution is 2.35. The second kappa shape index (κ2) is 11.5. The standard InChI is InChI=1S/C27H25F2N7O3S/c1-27(25(28)29)13-20(22(39-2)15-31-27)19-12-18(4-3-9-35-10-11-36(38)16-35)30-14-21(19)24(37)32-26-34-33-23(40-26)8-7-17-5-6-17/h12-15,17,25,31H,5-6,9-11,16H2,1-2H3/p+1. The third-order valence-electron chi connectivity index (χ3n) is 6.48. The first-order valence-electron chi connectivity index (χ1n) is 12.6. The number of anilines is 1. The number of nitrogens with one attached hydrogen (secondary N) is 2. The molecule has 2 aromatic heterocycles. The van der Waals surface area contributed by atoms with Gasteiger partial charge in [0.25, 0.3) is 12.3 Å². The van der Waals surface area contributed by atoms with Gasteiger partial charge in [-0.15, -0.1) is 10.2 Å². The van der Waals surface area contributed by atoms with E-state index in [1.807, 2.05) is 4.90 Å². The highest BCUT2D eigenvalue weighted by Gasteiger charge is 2.37. The number of carbonyl (C=O) groups excluding carboxylic acids is 1. The monoisotopic (exact) mass is 566 g/mol. The van der Waals surface area contributed by atoms with Crippen LogP contribution in [0.1, 0.15) is 46.4 Å². The first-order valence-corrected chi connectivity index (χ1v) is 13.4. The van der Waals surface area contributed by atoms with Crippen LogP contribution in [0.25, 0.3) is 5.57 Å². The Kier molecular flexibility index (Phi) is 7.87. The molecule has 1 saturated carbocycles. The van der Waals surface area contributed by atoms with Gasteiger partial charge >= 0.3 is 0 Å². The van der Waals surface area contributed by atoms with Crippen LogP contribution in [0.3, 0.4) is 0 Å². The van der Waals surface area contributed by atoms with Crippen LogP contribution in [0.2, 0.25) is 0 Å². The average molecular weight is 567 g/mol. The maximum atomic E-state index is 14.0. The van der Waals surface area contributed by atoms with E-state index in [4.69, 9.17) is 4.74 Å². The largest absolute Gasteiger partial charge is 0.495 e. The van der Waals surface area contributed by atoms with Crippen LogP contribution in [0.4, 0.5) is 13.9 Å². The predicted molar refractivity (Wildman–Crippen MR) is 144 cm³/mol. The molecule has 2 N–H and O–H groups in total. The van der Waals surface area contributed by atoms with Crippen molar-refractivity contribution in [3.05, 3.63) is 57.0 Å². The number of ether oxygens (including phenoxy) is 1. The summed E-state index contributed by atoms with van der Waals surface area (Å²) in [6.45, 7) is 3.03. The van der Waals surface area contributed by atoms with Gasteiger partial charge in [-0.25, -0.2) is 18.7 Å². The maximum absolute atomic E-state index is 14.0. The quantitative estimate of drug-likeness (QED) is 0.406. The zero-order valence-electron chi connectivity index (χ0n) is 21.8. The number of methoxy groups -OCH3 is 1. The summed E-state index contributed by atoms with van der Waals surface area (Å²) in [5, 5.41) is 14.1. The Morgan fingerprint density at radius 1 is 1.38 bits per heavy atom. The van der Waals surface area contributed by atoms with Crippen LogP contribution in [0.15, 0.2) is 30.3 Å². The Hall–Kier alpha value is -4.20. The van der Waals surface area contributed by atoms with Crippen LogP contribution < -0.4 is 10.6 Å². The number of nitrogens with zero attached hydrogens (tertiary/aromatic N) is 5. The molecule has 1 aliphatic carbocycles. The summed E-state index contributed by atoms with van der Waals surface area (Å²) >= 11 is 1.14. The summed E-state index contributed by atoms with van der Waals surface area (Å²) in [5.41, 5.74) is -0.667. The molecule has 4 heterocycles. The SMILES string of the molecule is COC1=CNC(C)(C(F)F)C=C1c1cc(C#CCN2CC[N+](=O)C2)ncc1C(=O)Nc1nnc(C#CC2CC2)s1. The summed E-state index contributed by atoms with van der Waals surface area (Å²) < 4.78 is 34.3. The van der Waals surface area contributed by atoms with Crippen LogP contribution in [0, 0.1) is 34.5 Å². The number of amides is 1. The number of pyridine rings is 1. The smallest absolute Gasteiger partial charge is 0.264 e. The average Bonchev–Trinajstić information content (AvgIpc) is 3.52. The molecule has 2 aliphatic heterocycles. The lowest BCUT2D eigenvalue weighted by atomic mass is 9.89. The summed E-state index contributed by atoms with van der Waals surface area (Å²) in [6, 6.07) is 1.56. The van der Waals surface area contributed by atoms with Crippen LogP contribution in [-0.2, 0) is 4.74 Å². The van der Waals surface area contributed by atoms with Gasteiger partial charge in [-0.05, 0) is 43.7 Å². The van der Waals surface area contributed by atoms with Gasteiger partial charge in [0, 0.05) is 39.1 Å². The number of aromatic nitrogens is 3. The Bertz CT molecular complexity index is 1530. The molecule has 10 nitrogen and oxygen atoms in total. The molecule has 1 atom stereocenters. The number of alkyl halides is 2. The minimum absolute atomic E-state index is 0.112. The highest BCUT2D eigenvalue weighted by atomic mass is 32.1. The maximum Gasteiger partial charge on any atom is 0.264 e. The fourth-order valence-corrected chi connectivity index (χ4v) is 4.61. The van der Waals surface area contributed by atoms with Gasteiger partial charge in [-0.3, -0.25) is 10.1 Å². The lowest BCUT2D eigenvalue weighted by Crippen LogP contribution is -2.46. The van der Waals surface area contributed by atoms with Crippen molar-refractivity contribution >= 4 is 27.9 Å². The number of nitroso groups, excluding NO2 is 1. The molecule has 0 spiro atoms. The molecule has 1 unspecified atom stereocenters. The van der Waals surface area contributed by atoms with Gasteiger partial charge in [0.2, 0.25) is 18.3 Å². The van der Waals surface area contributed by atoms with E-state index in [1.54, 1.807) is 6.07 Å². The lowest BCUT2D eigenvalue weighted by molar-refractivity contribution is -0.535. The van der Waals surface area contributed by atoms with Crippen molar-refractivity contribution < 1.29 is 23.1 Å². The number of allylic oxidation sites excluding steroid dienone is 1. The number of rotatable bonds is 6. The lowest BCUT2D eigenvalue weighted by Gasteiger charge is -2.32. The Morgan fingerprint density at radius 3 is 2.90 bits per heavy atom. The molecular formula is C27H26F2N7O3S+. The van der Waals surface area contributed by atoms with E-state index in [9.17, 15) is 18.5 Å². The van der Waals surface area contributed by atoms with E-state index in [-0.39, 0.29) is 28.7 Å². The fourth-order valence-electron chi connectivity index (χ4n) is 4.01. The van der Waals surface area contributed by atoms with Crippen LogP contribution in [-0.4, -0.2) is 76.1 Å². The zero-order valence-corrected chi connectivity index (χ0v) is 22.6. The molecule has 206 valence electrons. The first-order chi connectivity index (χ1) is 19.2. The molecule has 5 rings (SSSR count). The summed E-state index contributed by atoms with van der Waals surface area (Å²) in [6.07, 6.45) is 3.45. The fraction of sp³-hybridized carbons (Fsp3) is 0.407. The minimum Gasteiger partial charge on any atom is -0.495 e. The van der Waals surface area contributed by atoms with Gasteiger partial charge < -0.3 is 10.1 Å². The topological polar surface area (TPSA) is 112 Å². The Morgan fingerprint density at radius 2 is 2.20 bits per heavy atom. The van der Waals surface area contributed by atoms with Crippen molar-refractivity contribution in [2.45, 2.75) is 31.7 Å². The van der Waals surface area contributed by atoms with E-state index in [0.29, 0.717) is 41.8 Å². The number of hydrogen-bond donors (Lipinski definition) is 2. The molecule has 0 radical (unpaired) electrons. The summed E-state index contributed by atoms with van der Waals surface area (Å²) in [7, 11) is 1.41. The number of halogens is 2. The van der Waals surface area contributed by atoms with Crippen molar-refractivity contribution in [1.82, 2.24) is 25.4 Å². The van der Waals surface area contributed by atoms with Crippen LogP contribution in [0.5, 0.6) is 0 Å². The van der Waals surface area contributed by atoms with Crippen molar-refractivity contribution in [1.29, 1.82) is 0 Å². The van der Waals surface area contributed by atoms with E-state index in [2.05, 4.69) is 49.5 Å². The molecular weight excluding hydrogens is 540 g/mol. The molecule has 13 heteroatoms. The molecule has 0 aromatic carbocycles. The summed E-state index contributed by atoms with van der Waals surface area (Å²) in [4.78, 5) is 31.1. The summed E-state index contributed by atoms with van der Waals surface area (Å²) in [5.74, 6) is 12.1. The molecule has 40 heavy (non-hydrogen) atoms. The number of dihydropyridines is 1. The normalized spacial score (nSPS) is 20.5. The minimum atomic E-state index is -2.74. The van der Waals surface area contributed by atoms with Crippen molar-refractivity contribution in [3.8, 4) is 23.7 Å². The molecule has 1 amide bonds. The third-order valence-corrected chi connectivity index (χ3v) is 7.24. The number of hydrogen-bond acceptors (Lipinski definition) is 9. The molecule has 2 fully saturated rings. The van der Waals surface area contributed by atoms with Gasteiger partial charge in [0.15, 0.2) is 5.01 Å². The van der Waals surface area contributed by atoms with E-state index in [1.165, 1.54) is 32.5 Å². The Labute approximate surface area is 233 Å². The van der Waals surface area contributed by atoms with Crippen LogP contribution >= 0.6 is 11.3 Å². The van der Waals surface area contributed by atoms with E-state index >= 15 is 0 Å². The molecule has 0 bridgehead atoms. The highest BCUT2D eigenvalue weighted by molar-refractivity contribution is 7.15. The van der Waals surface area contributed by atoms with Gasteiger partial charge in [0.1, 0.15) is 17.0 Å². The number of carbonyl (C=O) groups is 1. The predicted octanol–water partition coefficient (Wildman–Crippen LogP) is 2.85. The Balaban J connectivity index is 1.47. The van der Waals surface area contributed by atoms with Crippen molar-refractivity contribution in [2.24, 2.45) is 5.92 Å².